The van der Waals surface area contributed by atoms with Crippen LogP contribution in [0.5, 0.6) is 5.75 Å². The van der Waals surface area contributed by atoms with E-state index in [9.17, 15) is 0 Å². The highest BCUT2D eigenvalue weighted by atomic mass is 16.5. The van der Waals surface area contributed by atoms with Crippen LogP contribution in [-0.4, -0.2) is 59.4 Å². The van der Waals surface area contributed by atoms with Gasteiger partial charge in [0.1, 0.15) is 5.75 Å². The maximum absolute atomic E-state index is 5.72. The Morgan fingerprint density at radius 3 is 2.59 bits per heavy atom. The maximum atomic E-state index is 5.72. The Morgan fingerprint density at radius 1 is 1.14 bits per heavy atom. The van der Waals surface area contributed by atoms with Gasteiger partial charge in [-0.1, -0.05) is 18.2 Å². The van der Waals surface area contributed by atoms with Gasteiger partial charge in [-0.05, 0) is 18.6 Å². The Kier molecular flexibility index (Phi) is 4.75. The number of aromatic amines is 1. The average Bonchev–Trinajstić information content (AvgIpc) is 3.00. The molecule has 1 saturated heterocycles. The monoisotopic (exact) mass is 302 g/mol. The van der Waals surface area contributed by atoms with Gasteiger partial charge in [-0.3, -0.25) is 4.90 Å². The van der Waals surface area contributed by atoms with E-state index in [0.717, 1.165) is 51.5 Å². The van der Waals surface area contributed by atoms with E-state index in [-0.39, 0.29) is 0 Å². The topological polar surface area (TPSA) is 83.3 Å². The number of benzene rings is 1. The highest BCUT2D eigenvalue weighted by Gasteiger charge is 2.19. The second-order valence-electron chi connectivity index (χ2n) is 5.36. The molecule has 0 bridgehead atoms. The third-order valence-electron chi connectivity index (χ3n) is 3.78. The van der Waals surface area contributed by atoms with Crippen molar-refractivity contribution in [3.63, 3.8) is 0 Å². The van der Waals surface area contributed by atoms with Crippen molar-refractivity contribution >= 4 is 11.9 Å². The summed E-state index contributed by atoms with van der Waals surface area (Å²) in [5, 5.41) is 6.78. The Hall–Kier alpha value is -2.28. The molecule has 0 radical (unpaired) electrons. The molecule has 1 aliphatic heterocycles. The van der Waals surface area contributed by atoms with Crippen LogP contribution in [0.4, 0.5) is 11.9 Å². The lowest BCUT2D eigenvalue weighted by Crippen LogP contribution is -2.47. The minimum atomic E-state index is 0.371. The lowest BCUT2D eigenvalue weighted by Gasteiger charge is -2.33. The van der Waals surface area contributed by atoms with Crippen molar-refractivity contribution in [1.29, 1.82) is 0 Å². The molecule has 2 aromatic rings. The number of H-pyrrole nitrogens is 1. The van der Waals surface area contributed by atoms with E-state index in [2.05, 4.69) is 25.0 Å². The highest BCUT2D eigenvalue weighted by molar-refractivity contribution is 5.34. The van der Waals surface area contributed by atoms with Gasteiger partial charge in [-0.2, -0.15) is 4.98 Å². The zero-order valence-corrected chi connectivity index (χ0v) is 12.6. The number of aromatic nitrogens is 3. The fraction of sp³-hybridized carbons (Fsp3) is 0.467. The van der Waals surface area contributed by atoms with E-state index < -0.39 is 0 Å². The maximum Gasteiger partial charge on any atom is 0.246 e. The molecule has 3 N–H and O–H groups in total. The Bertz CT molecular complexity index is 564. The van der Waals surface area contributed by atoms with E-state index in [4.69, 9.17) is 10.5 Å². The minimum absolute atomic E-state index is 0.371. The van der Waals surface area contributed by atoms with E-state index in [1.807, 2.05) is 30.3 Å². The lowest BCUT2D eigenvalue weighted by molar-refractivity contribution is 0.224. The van der Waals surface area contributed by atoms with E-state index in [1.165, 1.54) is 0 Å². The SMILES string of the molecule is Nc1nc(N2CCN(CCCOc3ccccc3)CC2)n[nH]1. The molecule has 1 fully saturated rings. The molecule has 0 spiro atoms. The summed E-state index contributed by atoms with van der Waals surface area (Å²) >= 11 is 0. The second kappa shape index (κ2) is 7.13. The summed E-state index contributed by atoms with van der Waals surface area (Å²) in [6, 6.07) is 9.95. The van der Waals surface area contributed by atoms with E-state index in [0.29, 0.717) is 11.9 Å². The number of nitrogens with zero attached hydrogens (tertiary/aromatic N) is 4. The number of nitrogens with one attached hydrogen (secondary N) is 1. The third kappa shape index (κ3) is 3.88. The van der Waals surface area contributed by atoms with Crippen molar-refractivity contribution in [2.24, 2.45) is 0 Å². The summed E-state index contributed by atoms with van der Waals surface area (Å²) < 4.78 is 5.72. The second-order valence-corrected chi connectivity index (χ2v) is 5.36. The molecule has 7 heteroatoms. The predicted molar refractivity (Wildman–Crippen MR) is 86.0 cm³/mol. The third-order valence-corrected chi connectivity index (χ3v) is 3.78. The molecule has 118 valence electrons. The number of nitrogens with two attached hydrogens (primary N) is 1. The van der Waals surface area contributed by atoms with Gasteiger partial charge < -0.3 is 15.4 Å². The van der Waals surface area contributed by atoms with Gasteiger partial charge >= 0.3 is 0 Å². The molecule has 3 rings (SSSR count). The largest absolute Gasteiger partial charge is 0.494 e. The van der Waals surface area contributed by atoms with Crippen molar-refractivity contribution in [2.75, 3.05) is 50.0 Å². The van der Waals surface area contributed by atoms with Gasteiger partial charge in [0.15, 0.2) is 0 Å². The van der Waals surface area contributed by atoms with Crippen molar-refractivity contribution in [1.82, 2.24) is 20.1 Å². The normalized spacial score (nSPS) is 15.9. The zero-order valence-electron chi connectivity index (χ0n) is 12.6. The van der Waals surface area contributed by atoms with Crippen LogP contribution in [0.15, 0.2) is 30.3 Å². The van der Waals surface area contributed by atoms with Crippen LogP contribution >= 0.6 is 0 Å². The molecule has 0 amide bonds. The molecule has 0 unspecified atom stereocenters. The number of hydrogen-bond donors (Lipinski definition) is 2. The zero-order chi connectivity index (χ0) is 15.2. The van der Waals surface area contributed by atoms with Crippen LogP contribution in [0.3, 0.4) is 0 Å². The van der Waals surface area contributed by atoms with Crippen LogP contribution in [0.1, 0.15) is 6.42 Å². The number of hydrogen-bond acceptors (Lipinski definition) is 6. The summed E-state index contributed by atoms with van der Waals surface area (Å²) in [5.74, 6) is 2.01. The fourth-order valence-electron chi connectivity index (χ4n) is 2.57. The number of anilines is 2. The molecule has 2 heterocycles. The van der Waals surface area contributed by atoms with Crippen LogP contribution in [-0.2, 0) is 0 Å². The van der Waals surface area contributed by atoms with Gasteiger partial charge in [-0.15, -0.1) is 5.10 Å². The molecule has 1 aromatic carbocycles. The van der Waals surface area contributed by atoms with Crippen LogP contribution in [0.25, 0.3) is 0 Å². The standard InChI is InChI=1S/C15H22N6O/c16-14-17-15(19-18-14)21-10-8-20(9-11-21)7-4-12-22-13-5-2-1-3-6-13/h1-3,5-6H,4,7-12H2,(H3,16,17,18,19). The van der Waals surface area contributed by atoms with Gasteiger partial charge in [0.2, 0.25) is 11.9 Å². The van der Waals surface area contributed by atoms with E-state index in [1.54, 1.807) is 0 Å². The molecular formula is C15H22N6O. The highest BCUT2D eigenvalue weighted by Crippen LogP contribution is 2.12. The first-order valence-corrected chi connectivity index (χ1v) is 7.64. The smallest absolute Gasteiger partial charge is 0.246 e. The quantitative estimate of drug-likeness (QED) is 0.774. The number of rotatable bonds is 6. The molecule has 7 nitrogen and oxygen atoms in total. The Morgan fingerprint density at radius 2 is 1.91 bits per heavy atom. The molecular weight excluding hydrogens is 280 g/mol. The molecule has 0 saturated carbocycles. The molecule has 1 aromatic heterocycles. The minimum Gasteiger partial charge on any atom is -0.494 e. The molecule has 0 aliphatic carbocycles. The summed E-state index contributed by atoms with van der Waals surface area (Å²) in [6.45, 7) is 5.69. The van der Waals surface area contributed by atoms with Crippen molar-refractivity contribution in [2.45, 2.75) is 6.42 Å². The van der Waals surface area contributed by atoms with Gasteiger partial charge in [0.25, 0.3) is 0 Å². The van der Waals surface area contributed by atoms with Gasteiger partial charge in [0, 0.05) is 32.7 Å². The molecule has 22 heavy (non-hydrogen) atoms. The molecule has 1 aliphatic rings. The summed E-state index contributed by atoms with van der Waals surface area (Å²) in [6.07, 6.45) is 1.03. The summed E-state index contributed by atoms with van der Waals surface area (Å²) in [5.41, 5.74) is 5.56. The number of piperazine rings is 1. The number of para-hydroxylation sites is 1. The van der Waals surface area contributed by atoms with Crippen LogP contribution in [0, 0.1) is 0 Å². The summed E-state index contributed by atoms with van der Waals surface area (Å²) in [4.78, 5) is 8.77. The lowest BCUT2D eigenvalue weighted by atomic mass is 10.3. The van der Waals surface area contributed by atoms with Crippen LogP contribution in [0.2, 0.25) is 0 Å². The average molecular weight is 302 g/mol. The van der Waals surface area contributed by atoms with Gasteiger partial charge in [0.05, 0.1) is 6.61 Å². The first-order chi connectivity index (χ1) is 10.8. The van der Waals surface area contributed by atoms with E-state index >= 15 is 0 Å². The van der Waals surface area contributed by atoms with Crippen molar-refractivity contribution in [3.05, 3.63) is 30.3 Å². The van der Waals surface area contributed by atoms with Gasteiger partial charge in [-0.25, -0.2) is 5.10 Å². The Balaban J connectivity index is 1.34. The molecule has 0 atom stereocenters. The predicted octanol–water partition coefficient (Wildman–Crippen LogP) is 0.978. The van der Waals surface area contributed by atoms with Crippen molar-refractivity contribution in [3.8, 4) is 5.75 Å². The first-order valence-electron chi connectivity index (χ1n) is 7.64. The van der Waals surface area contributed by atoms with Crippen molar-refractivity contribution < 1.29 is 4.74 Å². The fourth-order valence-corrected chi connectivity index (χ4v) is 2.57. The number of ether oxygens (including phenoxy) is 1. The Labute approximate surface area is 130 Å². The van der Waals surface area contributed by atoms with Crippen LogP contribution < -0.4 is 15.4 Å². The number of nitrogen functional groups attached to an aromatic ring is 1. The summed E-state index contributed by atoms with van der Waals surface area (Å²) in [7, 11) is 0. The first kappa shape index (κ1) is 14.6.